The fourth-order valence-electron chi connectivity index (χ4n) is 6.36. The molecule has 34 heavy (non-hydrogen) atoms. The van der Waals surface area contributed by atoms with Gasteiger partial charge in [-0.2, -0.15) is 10.2 Å². The van der Waals surface area contributed by atoms with E-state index in [-0.39, 0.29) is 11.5 Å². The van der Waals surface area contributed by atoms with Crippen molar-refractivity contribution in [3.63, 3.8) is 0 Å². The van der Waals surface area contributed by atoms with Gasteiger partial charge in [-0.1, -0.05) is 0 Å². The van der Waals surface area contributed by atoms with E-state index in [1.165, 1.54) is 5.56 Å². The number of hydrogen-bond acceptors (Lipinski definition) is 6. The highest BCUT2D eigenvalue weighted by Crippen LogP contribution is 2.57. The van der Waals surface area contributed by atoms with Gasteiger partial charge in [-0.3, -0.25) is 5.10 Å². The van der Waals surface area contributed by atoms with Crippen LogP contribution in [0.1, 0.15) is 67.8 Å². The van der Waals surface area contributed by atoms with E-state index in [9.17, 15) is 4.79 Å². The third kappa shape index (κ3) is 3.18. The maximum absolute atomic E-state index is 15.2. The number of aromatic nitrogens is 5. The maximum Gasteiger partial charge on any atom is 0.407 e. The third-order valence-electron chi connectivity index (χ3n) is 8.23. The zero-order valence-electron chi connectivity index (χ0n) is 18.9. The van der Waals surface area contributed by atoms with Gasteiger partial charge in [-0.15, -0.1) is 0 Å². The van der Waals surface area contributed by atoms with Crippen LogP contribution in [0.25, 0.3) is 5.52 Å². The normalized spacial score (nSPS) is 31.4. The molecular weight excluding hydrogens is 437 g/mol. The Kier molecular flexibility index (Phi) is 4.41. The standard InChI is InChI=1S/C24H28FN7O2/c25-20-14(5-6-18(20)34-23(33)28-24-10-13(11-24)12-24)17-9-19(30-29-17)27-22-21-15-3-1-2-4-16(15)31-32(21)8-7-26-22/h7-9,13-14,18,20H,1-6,10-12H2,(H,28,33)(H2,26,27,29,30)/t13?,14-,18-,20+,24?/m0/s1. The van der Waals surface area contributed by atoms with Gasteiger partial charge in [0.2, 0.25) is 0 Å². The van der Waals surface area contributed by atoms with E-state index in [0.717, 1.165) is 62.1 Å². The summed E-state index contributed by atoms with van der Waals surface area (Å²) in [5.41, 5.74) is 3.99. The van der Waals surface area contributed by atoms with Gasteiger partial charge in [0.15, 0.2) is 11.6 Å². The minimum absolute atomic E-state index is 0.0683. The molecule has 0 radical (unpaired) electrons. The maximum atomic E-state index is 15.2. The molecule has 0 aliphatic heterocycles. The molecule has 3 aromatic rings. The van der Waals surface area contributed by atoms with Crippen LogP contribution in [-0.4, -0.2) is 48.7 Å². The summed E-state index contributed by atoms with van der Waals surface area (Å²) in [7, 11) is 0. The molecule has 3 aromatic heterocycles. The third-order valence-corrected chi connectivity index (χ3v) is 8.23. The highest BCUT2D eigenvalue weighted by atomic mass is 19.1. The molecular formula is C24H28FN7O2. The summed E-state index contributed by atoms with van der Waals surface area (Å²) in [6, 6.07) is 1.83. The molecule has 2 bridgehead atoms. The molecule has 9 nitrogen and oxygen atoms in total. The van der Waals surface area contributed by atoms with Gasteiger partial charge in [0.1, 0.15) is 17.8 Å². The number of nitrogens with zero attached hydrogens (tertiary/aromatic N) is 4. The van der Waals surface area contributed by atoms with Crippen LogP contribution in [0.2, 0.25) is 0 Å². The lowest BCUT2D eigenvalue weighted by molar-refractivity contribution is -0.0532. The number of alkyl halides is 1. The minimum Gasteiger partial charge on any atom is -0.443 e. The lowest BCUT2D eigenvalue weighted by Gasteiger charge is -2.61. The van der Waals surface area contributed by atoms with Crippen LogP contribution in [-0.2, 0) is 17.6 Å². The van der Waals surface area contributed by atoms with Crippen molar-refractivity contribution in [3.05, 3.63) is 35.4 Å². The zero-order valence-corrected chi connectivity index (χ0v) is 18.9. The molecule has 3 heterocycles. The topological polar surface area (TPSA) is 109 Å². The summed E-state index contributed by atoms with van der Waals surface area (Å²) in [5.74, 6) is 1.65. The molecule has 8 rings (SSSR count). The lowest BCUT2D eigenvalue weighted by Crippen LogP contribution is -2.68. The van der Waals surface area contributed by atoms with Gasteiger partial charge >= 0.3 is 6.09 Å². The second kappa shape index (κ2) is 7.41. The molecule has 0 spiro atoms. The first-order chi connectivity index (χ1) is 16.6. The van der Waals surface area contributed by atoms with Crippen molar-refractivity contribution < 1.29 is 13.9 Å². The van der Waals surface area contributed by atoms with Gasteiger partial charge in [-0.25, -0.2) is 18.7 Å². The average molecular weight is 466 g/mol. The Balaban J connectivity index is 1.04. The summed E-state index contributed by atoms with van der Waals surface area (Å²) in [6.07, 6.45) is 9.59. The fourth-order valence-corrected chi connectivity index (χ4v) is 6.36. The predicted octanol–water partition coefficient (Wildman–Crippen LogP) is 3.94. The summed E-state index contributed by atoms with van der Waals surface area (Å²) in [4.78, 5) is 16.8. The Morgan fingerprint density at radius 3 is 2.91 bits per heavy atom. The quantitative estimate of drug-likeness (QED) is 0.527. The molecule has 10 heteroatoms. The molecule has 0 saturated heterocycles. The Labute approximate surface area is 195 Å². The number of anilines is 2. The summed E-state index contributed by atoms with van der Waals surface area (Å²) in [6.45, 7) is 0. The molecule has 3 atom stereocenters. The Morgan fingerprint density at radius 1 is 1.24 bits per heavy atom. The van der Waals surface area contributed by atoms with Gasteiger partial charge in [0, 0.05) is 41.2 Å². The van der Waals surface area contributed by atoms with Crippen LogP contribution in [0.4, 0.5) is 20.8 Å². The number of nitrogens with one attached hydrogen (secondary N) is 3. The Bertz CT molecular complexity index is 1250. The van der Waals surface area contributed by atoms with Crippen molar-refractivity contribution in [2.24, 2.45) is 5.92 Å². The van der Waals surface area contributed by atoms with Crippen molar-refractivity contribution in [3.8, 4) is 0 Å². The van der Waals surface area contributed by atoms with E-state index >= 15 is 4.39 Å². The smallest absolute Gasteiger partial charge is 0.407 e. The largest absolute Gasteiger partial charge is 0.443 e. The van der Waals surface area contributed by atoms with Crippen molar-refractivity contribution >= 4 is 23.2 Å². The number of fused-ring (bicyclic) bond motifs is 3. The van der Waals surface area contributed by atoms with Crippen LogP contribution >= 0.6 is 0 Å². The number of aromatic amines is 1. The fraction of sp³-hybridized carbons (Fsp3) is 0.583. The minimum atomic E-state index is -1.27. The molecule has 0 unspecified atom stereocenters. The lowest BCUT2D eigenvalue weighted by atomic mass is 9.50. The number of amides is 1. The van der Waals surface area contributed by atoms with E-state index in [0.29, 0.717) is 30.2 Å². The highest BCUT2D eigenvalue weighted by Gasteiger charge is 2.58. The van der Waals surface area contributed by atoms with Gasteiger partial charge < -0.3 is 15.4 Å². The van der Waals surface area contributed by atoms with Gasteiger partial charge in [0.05, 0.1) is 5.69 Å². The molecule has 4 saturated carbocycles. The number of carbonyl (C=O) groups is 1. The molecule has 1 amide bonds. The number of rotatable bonds is 5. The Morgan fingerprint density at radius 2 is 2.09 bits per heavy atom. The number of aryl methyl sites for hydroxylation is 2. The van der Waals surface area contributed by atoms with Crippen LogP contribution in [0.3, 0.4) is 0 Å². The molecule has 0 aromatic carbocycles. The SMILES string of the molecule is O=C(NC12CC(C1)C2)O[C@H]1CC[C@@H](c2cc(Nc3nccn4nc5c(c34)CCCC5)n[nH]2)[C@H]1F. The van der Waals surface area contributed by atoms with Gasteiger partial charge in [0.25, 0.3) is 0 Å². The van der Waals surface area contributed by atoms with E-state index < -0.39 is 18.4 Å². The number of ether oxygens (including phenoxy) is 1. The van der Waals surface area contributed by atoms with Crippen LogP contribution in [0, 0.1) is 5.92 Å². The van der Waals surface area contributed by atoms with Crippen LogP contribution in [0.15, 0.2) is 18.5 Å². The molecule has 5 aliphatic carbocycles. The number of hydrogen-bond donors (Lipinski definition) is 3. The van der Waals surface area contributed by atoms with Crippen LogP contribution < -0.4 is 10.6 Å². The number of carbonyl (C=O) groups excluding carboxylic acids is 1. The highest BCUT2D eigenvalue weighted by molar-refractivity contribution is 5.76. The molecule has 4 fully saturated rings. The second-order valence-electron chi connectivity index (χ2n) is 10.5. The number of alkyl carbamates (subject to hydrolysis) is 1. The van der Waals surface area contributed by atoms with E-state index in [1.54, 1.807) is 6.20 Å². The Hall–Kier alpha value is -3.17. The van der Waals surface area contributed by atoms with Crippen LogP contribution in [0.5, 0.6) is 0 Å². The van der Waals surface area contributed by atoms with Gasteiger partial charge in [-0.05, 0) is 63.7 Å². The molecule has 178 valence electrons. The van der Waals surface area contributed by atoms with Crippen molar-refractivity contribution in [1.82, 2.24) is 30.1 Å². The first-order valence-corrected chi connectivity index (χ1v) is 12.4. The number of H-pyrrole nitrogens is 1. The zero-order chi connectivity index (χ0) is 22.9. The van der Waals surface area contributed by atoms with E-state index in [1.807, 2.05) is 16.8 Å². The summed E-state index contributed by atoms with van der Waals surface area (Å²) < 4.78 is 22.6. The first kappa shape index (κ1) is 20.2. The van der Waals surface area contributed by atoms with E-state index in [4.69, 9.17) is 9.84 Å². The summed E-state index contributed by atoms with van der Waals surface area (Å²) in [5, 5.41) is 18.3. The van der Waals surface area contributed by atoms with E-state index in [2.05, 4.69) is 25.8 Å². The average Bonchev–Trinajstić information content (AvgIpc) is 3.48. The number of halogens is 1. The van der Waals surface area contributed by atoms with Crippen molar-refractivity contribution in [1.29, 1.82) is 0 Å². The van der Waals surface area contributed by atoms with Crippen molar-refractivity contribution in [2.75, 3.05) is 5.32 Å². The monoisotopic (exact) mass is 465 g/mol. The predicted molar refractivity (Wildman–Crippen MR) is 122 cm³/mol. The molecule has 5 aliphatic rings. The summed E-state index contributed by atoms with van der Waals surface area (Å²) >= 11 is 0. The molecule has 3 N–H and O–H groups in total. The van der Waals surface area contributed by atoms with Crippen molar-refractivity contribution in [2.45, 2.75) is 81.5 Å². The second-order valence-corrected chi connectivity index (χ2v) is 10.5. The first-order valence-electron chi connectivity index (χ1n) is 12.4.